The number of rotatable bonds is 2. The largest absolute Gasteiger partial charge is 0.477 e. The van der Waals surface area contributed by atoms with E-state index in [0.717, 1.165) is 0 Å². The molecule has 106 valence electrons. The van der Waals surface area contributed by atoms with Crippen LogP contribution >= 0.6 is 0 Å². The van der Waals surface area contributed by atoms with Crippen LogP contribution in [0.3, 0.4) is 0 Å². The average molecular weight is 277 g/mol. The Morgan fingerprint density at radius 3 is 2.80 bits per heavy atom. The van der Waals surface area contributed by atoms with Crippen molar-refractivity contribution in [3.05, 3.63) is 29.6 Å². The molecular formula is C13H15N3O4. The Morgan fingerprint density at radius 1 is 1.35 bits per heavy atom. The van der Waals surface area contributed by atoms with Gasteiger partial charge in [0.15, 0.2) is 0 Å². The molecule has 1 aliphatic heterocycles. The van der Waals surface area contributed by atoms with Gasteiger partial charge in [0, 0.05) is 31.9 Å². The SMILES string of the molecule is CN1CCCN(C(=O)c2ccnc(C(=O)O)c2)CC1=O. The number of nitrogens with zero attached hydrogens (tertiary/aromatic N) is 3. The van der Waals surface area contributed by atoms with Gasteiger partial charge in [-0.3, -0.25) is 9.59 Å². The zero-order chi connectivity index (χ0) is 14.7. The van der Waals surface area contributed by atoms with E-state index in [9.17, 15) is 14.4 Å². The quantitative estimate of drug-likeness (QED) is 0.827. The Bertz CT molecular complexity index is 558. The second-order valence-electron chi connectivity index (χ2n) is 4.63. The zero-order valence-electron chi connectivity index (χ0n) is 11.1. The van der Waals surface area contributed by atoms with Crippen LogP contribution in [-0.4, -0.2) is 64.4 Å². The van der Waals surface area contributed by atoms with E-state index in [2.05, 4.69) is 4.98 Å². The van der Waals surface area contributed by atoms with Gasteiger partial charge >= 0.3 is 5.97 Å². The van der Waals surface area contributed by atoms with Crippen LogP contribution in [0.5, 0.6) is 0 Å². The Hall–Kier alpha value is -2.44. The lowest BCUT2D eigenvalue weighted by Crippen LogP contribution is -2.38. The number of hydrogen-bond donors (Lipinski definition) is 1. The van der Waals surface area contributed by atoms with E-state index in [-0.39, 0.29) is 29.6 Å². The smallest absolute Gasteiger partial charge is 0.354 e. The number of carbonyl (C=O) groups excluding carboxylic acids is 2. The molecular weight excluding hydrogens is 262 g/mol. The van der Waals surface area contributed by atoms with Crippen molar-refractivity contribution in [2.45, 2.75) is 6.42 Å². The van der Waals surface area contributed by atoms with Crippen LogP contribution in [0.1, 0.15) is 27.3 Å². The maximum atomic E-state index is 12.3. The normalized spacial score (nSPS) is 15.9. The highest BCUT2D eigenvalue weighted by Crippen LogP contribution is 2.10. The number of aromatic carboxylic acids is 1. The van der Waals surface area contributed by atoms with E-state index in [1.54, 1.807) is 11.9 Å². The number of likely N-dealkylation sites (N-methyl/N-ethyl adjacent to an activating group) is 1. The Kier molecular flexibility index (Phi) is 3.97. The summed E-state index contributed by atoms with van der Waals surface area (Å²) in [6.45, 7) is 1.10. The lowest BCUT2D eigenvalue weighted by molar-refractivity contribution is -0.129. The molecule has 7 nitrogen and oxygen atoms in total. The highest BCUT2D eigenvalue weighted by Gasteiger charge is 2.24. The summed E-state index contributed by atoms with van der Waals surface area (Å²) in [6, 6.07) is 2.68. The van der Waals surface area contributed by atoms with Crippen LogP contribution in [0.2, 0.25) is 0 Å². The van der Waals surface area contributed by atoms with Crippen molar-refractivity contribution in [3.8, 4) is 0 Å². The Balaban J connectivity index is 2.20. The van der Waals surface area contributed by atoms with Crippen molar-refractivity contribution in [1.82, 2.24) is 14.8 Å². The third-order valence-electron chi connectivity index (χ3n) is 3.19. The number of carboxylic acids is 1. The topological polar surface area (TPSA) is 90.8 Å². The Labute approximate surface area is 115 Å². The van der Waals surface area contributed by atoms with Gasteiger partial charge in [-0.1, -0.05) is 0 Å². The fourth-order valence-corrected chi connectivity index (χ4v) is 2.02. The van der Waals surface area contributed by atoms with Gasteiger partial charge in [0.05, 0.1) is 0 Å². The third-order valence-corrected chi connectivity index (χ3v) is 3.19. The van der Waals surface area contributed by atoms with Gasteiger partial charge in [-0.2, -0.15) is 0 Å². The minimum absolute atomic E-state index is 0.0139. The predicted octanol–water partition coefficient (Wildman–Crippen LogP) is 0.0841. The van der Waals surface area contributed by atoms with Gasteiger partial charge < -0.3 is 14.9 Å². The summed E-state index contributed by atoms with van der Waals surface area (Å²) in [5, 5.41) is 8.87. The first-order valence-electron chi connectivity index (χ1n) is 6.21. The molecule has 1 fully saturated rings. The summed E-state index contributed by atoms with van der Waals surface area (Å²) in [4.78, 5) is 41.6. The Morgan fingerprint density at radius 2 is 2.10 bits per heavy atom. The molecule has 1 N–H and O–H groups in total. The molecule has 0 aromatic carbocycles. The van der Waals surface area contributed by atoms with Crippen LogP contribution in [0.4, 0.5) is 0 Å². The average Bonchev–Trinajstić information content (AvgIpc) is 2.60. The predicted molar refractivity (Wildman–Crippen MR) is 69.4 cm³/mol. The highest BCUT2D eigenvalue weighted by molar-refractivity contribution is 5.98. The second-order valence-corrected chi connectivity index (χ2v) is 4.63. The van der Waals surface area contributed by atoms with Crippen molar-refractivity contribution in [3.63, 3.8) is 0 Å². The van der Waals surface area contributed by atoms with E-state index in [4.69, 9.17) is 5.11 Å². The molecule has 0 spiro atoms. The molecule has 20 heavy (non-hydrogen) atoms. The molecule has 1 saturated heterocycles. The number of hydrogen-bond acceptors (Lipinski definition) is 4. The fourth-order valence-electron chi connectivity index (χ4n) is 2.02. The minimum atomic E-state index is -1.19. The van der Waals surface area contributed by atoms with E-state index >= 15 is 0 Å². The lowest BCUT2D eigenvalue weighted by atomic mass is 10.2. The molecule has 1 aromatic heterocycles. The first-order valence-corrected chi connectivity index (χ1v) is 6.21. The molecule has 0 unspecified atom stereocenters. The molecule has 0 radical (unpaired) electrons. The minimum Gasteiger partial charge on any atom is -0.477 e. The van der Waals surface area contributed by atoms with Gasteiger partial charge in [-0.25, -0.2) is 9.78 Å². The molecule has 1 aromatic rings. The number of carbonyl (C=O) groups is 3. The first-order chi connectivity index (χ1) is 9.49. The molecule has 2 rings (SSSR count). The summed E-state index contributed by atoms with van der Waals surface area (Å²) in [5.41, 5.74) is 0.0452. The molecule has 2 heterocycles. The molecule has 1 aliphatic rings. The second kappa shape index (κ2) is 5.68. The van der Waals surface area contributed by atoms with Crippen molar-refractivity contribution in [2.24, 2.45) is 0 Å². The summed E-state index contributed by atoms with van der Waals surface area (Å²) in [7, 11) is 1.70. The fraction of sp³-hybridized carbons (Fsp3) is 0.385. The van der Waals surface area contributed by atoms with Crippen molar-refractivity contribution in [2.75, 3.05) is 26.7 Å². The van der Waals surface area contributed by atoms with E-state index < -0.39 is 5.97 Å². The summed E-state index contributed by atoms with van der Waals surface area (Å²) < 4.78 is 0. The molecule has 0 atom stereocenters. The summed E-state index contributed by atoms with van der Waals surface area (Å²) in [5.74, 6) is -1.66. The lowest BCUT2D eigenvalue weighted by Gasteiger charge is -2.19. The number of amides is 2. The summed E-state index contributed by atoms with van der Waals surface area (Å²) in [6.07, 6.45) is 1.98. The van der Waals surface area contributed by atoms with Crippen molar-refractivity contribution >= 4 is 17.8 Å². The maximum absolute atomic E-state index is 12.3. The van der Waals surface area contributed by atoms with Crippen LogP contribution in [0, 0.1) is 0 Å². The van der Waals surface area contributed by atoms with Gasteiger partial charge in [0.2, 0.25) is 5.91 Å². The monoisotopic (exact) mass is 277 g/mol. The van der Waals surface area contributed by atoms with E-state index in [1.807, 2.05) is 0 Å². The highest BCUT2D eigenvalue weighted by atomic mass is 16.4. The van der Waals surface area contributed by atoms with E-state index in [1.165, 1.54) is 23.2 Å². The number of aromatic nitrogens is 1. The first kappa shape index (κ1) is 14.0. The third kappa shape index (κ3) is 2.93. The van der Waals surface area contributed by atoms with E-state index in [0.29, 0.717) is 19.5 Å². The molecule has 2 amide bonds. The molecule has 0 bridgehead atoms. The number of carboxylic acid groups (broad SMARTS) is 1. The van der Waals surface area contributed by atoms with Crippen LogP contribution in [0.25, 0.3) is 0 Å². The molecule has 0 aliphatic carbocycles. The zero-order valence-corrected chi connectivity index (χ0v) is 11.1. The van der Waals surface area contributed by atoms with Crippen LogP contribution in [-0.2, 0) is 4.79 Å². The maximum Gasteiger partial charge on any atom is 0.354 e. The molecule has 7 heteroatoms. The molecule has 0 saturated carbocycles. The van der Waals surface area contributed by atoms with Gasteiger partial charge in [0.1, 0.15) is 12.2 Å². The number of pyridine rings is 1. The van der Waals surface area contributed by atoms with Crippen molar-refractivity contribution in [1.29, 1.82) is 0 Å². The standard InChI is InChI=1S/C13H15N3O4/c1-15-5-2-6-16(8-11(15)17)12(18)9-3-4-14-10(7-9)13(19)20/h3-4,7H,2,5-6,8H2,1H3,(H,19,20). The van der Waals surface area contributed by atoms with Gasteiger partial charge in [0.25, 0.3) is 5.91 Å². The van der Waals surface area contributed by atoms with Gasteiger partial charge in [-0.15, -0.1) is 0 Å². The van der Waals surface area contributed by atoms with Gasteiger partial charge in [-0.05, 0) is 18.6 Å². The van der Waals surface area contributed by atoms with Crippen LogP contribution in [0.15, 0.2) is 18.3 Å². The summed E-state index contributed by atoms with van der Waals surface area (Å²) >= 11 is 0. The van der Waals surface area contributed by atoms with Crippen molar-refractivity contribution < 1.29 is 19.5 Å². The van der Waals surface area contributed by atoms with Crippen LogP contribution < -0.4 is 0 Å².